The second-order valence-electron chi connectivity index (χ2n) is 10.0. The number of benzene rings is 1. The van der Waals surface area contributed by atoms with Crippen molar-refractivity contribution in [3.8, 4) is 0 Å². The quantitative estimate of drug-likeness (QED) is 0.679. The van der Waals surface area contributed by atoms with Crippen molar-refractivity contribution in [1.29, 1.82) is 0 Å². The fraction of sp³-hybridized carbons (Fsp3) is 0.577. The number of hydrogen-bond acceptors (Lipinski definition) is 4. The van der Waals surface area contributed by atoms with Gasteiger partial charge >= 0.3 is 0 Å². The lowest BCUT2D eigenvalue weighted by molar-refractivity contribution is -0.143. The molecule has 2 N–H and O–H groups in total. The number of likely N-dealkylation sites (N-methyl/N-ethyl adjacent to an activating group) is 1. The van der Waals surface area contributed by atoms with Gasteiger partial charge in [-0.15, -0.1) is 0 Å². The maximum absolute atomic E-state index is 13.5. The zero-order valence-corrected chi connectivity index (χ0v) is 20.5. The first-order valence-corrected chi connectivity index (χ1v) is 12.4. The van der Waals surface area contributed by atoms with Gasteiger partial charge in [0.1, 0.15) is 6.04 Å². The van der Waals surface area contributed by atoms with Crippen LogP contribution in [-0.4, -0.2) is 89.8 Å². The van der Waals surface area contributed by atoms with E-state index in [1.807, 2.05) is 54.1 Å². The number of fused-ring (bicyclic) bond motifs is 1. The first-order chi connectivity index (χ1) is 16.3. The summed E-state index contributed by atoms with van der Waals surface area (Å²) in [4.78, 5) is 48.3. The summed E-state index contributed by atoms with van der Waals surface area (Å²) in [6.07, 6.45) is 3.71. The first kappa shape index (κ1) is 24.3. The van der Waals surface area contributed by atoms with Crippen LogP contribution >= 0.6 is 0 Å². The summed E-state index contributed by atoms with van der Waals surface area (Å²) in [7, 11) is 2.08. The molecule has 1 unspecified atom stereocenters. The van der Waals surface area contributed by atoms with E-state index in [1.165, 1.54) is 0 Å². The van der Waals surface area contributed by atoms with E-state index in [0.717, 1.165) is 42.6 Å². The molecule has 1 aromatic heterocycles. The maximum Gasteiger partial charge on any atom is 0.245 e. The number of hydrogen-bond donors (Lipinski definition) is 2. The average Bonchev–Trinajstić information content (AvgIpc) is 3.26. The Balaban J connectivity index is 1.41. The largest absolute Gasteiger partial charge is 0.361 e. The van der Waals surface area contributed by atoms with Gasteiger partial charge < -0.3 is 25.0 Å². The zero-order chi connectivity index (χ0) is 24.2. The summed E-state index contributed by atoms with van der Waals surface area (Å²) in [5.41, 5.74) is 2.03. The van der Waals surface area contributed by atoms with Gasteiger partial charge in [-0.2, -0.15) is 0 Å². The minimum absolute atomic E-state index is 0.0234. The van der Waals surface area contributed by atoms with Crippen LogP contribution in [0.5, 0.6) is 0 Å². The summed E-state index contributed by atoms with van der Waals surface area (Å²) < 4.78 is 0. The molecule has 2 fully saturated rings. The van der Waals surface area contributed by atoms with Crippen molar-refractivity contribution in [2.45, 2.75) is 39.2 Å². The monoisotopic (exact) mass is 467 g/mol. The van der Waals surface area contributed by atoms with Crippen molar-refractivity contribution in [1.82, 2.24) is 25.0 Å². The summed E-state index contributed by atoms with van der Waals surface area (Å²) >= 11 is 0. The van der Waals surface area contributed by atoms with E-state index in [4.69, 9.17) is 0 Å². The molecule has 2 aliphatic rings. The molecule has 4 rings (SSSR count). The molecule has 184 valence electrons. The molecule has 3 heterocycles. The standard InChI is InChI=1S/C26H37N5O3/c1-18(2)24(32)28-23(16-20-17-27-22-7-5-4-6-21(20)22)26(34)30-10-8-19(9-11-30)25(33)31-14-12-29(3)13-15-31/h4-7,17-19,23,27H,8-16H2,1-3H3,(H,28,32). The molecule has 1 aromatic carbocycles. The minimum atomic E-state index is -0.626. The van der Waals surface area contributed by atoms with Crippen LogP contribution in [0.2, 0.25) is 0 Å². The number of piperidine rings is 1. The van der Waals surface area contributed by atoms with E-state index in [0.29, 0.717) is 32.4 Å². The Morgan fingerprint density at radius 2 is 1.68 bits per heavy atom. The molecule has 2 aromatic rings. The highest BCUT2D eigenvalue weighted by molar-refractivity contribution is 5.90. The van der Waals surface area contributed by atoms with Crippen LogP contribution in [0.1, 0.15) is 32.3 Å². The van der Waals surface area contributed by atoms with Crippen molar-refractivity contribution in [3.63, 3.8) is 0 Å². The van der Waals surface area contributed by atoms with Crippen molar-refractivity contribution in [2.24, 2.45) is 11.8 Å². The van der Waals surface area contributed by atoms with Crippen molar-refractivity contribution in [3.05, 3.63) is 36.0 Å². The van der Waals surface area contributed by atoms with Gasteiger partial charge in [0.25, 0.3) is 0 Å². The smallest absolute Gasteiger partial charge is 0.245 e. The van der Waals surface area contributed by atoms with Gasteiger partial charge in [0.15, 0.2) is 0 Å². The molecule has 0 aliphatic carbocycles. The second-order valence-corrected chi connectivity index (χ2v) is 10.0. The zero-order valence-electron chi connectivity index (χ0n) is 20.5. The molecule has 2 aliphatic heterocycles. The Bertz CT molecular complexity index is 1020. The number of piperazine rings is 1. The lowest BCUT2D eigenvalue weighted by Crippen LogP contribution is -2.54. The molecule has 1 atom stereocenters. The predicted molar refractivity (Wildman–Crippen MR) is 132 cm³/mol. The van der Waals surface area contributed by atoms with Crippen LogP contribution in [0.4, 0.5) is 0 Å². The Morgan fingerprint density at radius 1 is 1.00 bits per heavy atom. The molecule has 8 nitrogen and oxygen atoms in total. The van der Waals surface area contributed by atoms with Crippen molar-refractivity contribution >= 4 is 28.6 Å². The Kier molecular flexibility index (Phi) is 7.56. The second kappa shape index (κ2) is 10.6. The predicted octanol–water partition coefficient (Wildman–Crippen LogP) is 1.86. The van der Waals surface area contributed by atoms with Crippen LogP contribution in [0, 0.1) is 11.8 Å². The molecular formula is C26H37N5O3. The van der Waals surface area contributed by atoms with E-state index >= 15 is 0 Å². The van der Waals surface area contributed by atoms with E-state index in [1.54, 1.807) is 0 Å². The Hall–Kier alpha value is -2.87. The molecule has 2 saturated heterocycles. The third kappa shape index (κ3) is 5.43. The van der Waals surface area contributed by atoms with Crippen LogP contribution in [0.15, 0.2) is 30.5 Å². The maximum atomic E-state index is 13.5. The van der Waals surface area contributed by atoms with Gasteiger partial charge in [0.05, 0.1) is 0 Å². The van der Waals surface area contributed by atoms with Crippen LogP contribution in [0.25, 0.3) is 10.9 Å². The number of amides is 3. The highest BCUT2D eigenvalue weighted by Crippen LogP contribution is 2.23. The van der Waals surface area contributed by atoms with Crippen LogP contribution in [0.3, 0.4) is 0 Å². The van der Waals surface area contributed by atoms with Gasteiger partial charge in [-0.05, 0) is 31.5 Å². The molecule has 34 heavy (non-hydrogen) atoms. The number of likely N-dealkylation sites (tertiary alicyclic amines) is 1. The summed E-state index contributed by atoms with van der Waals surface area (Å²) in [6.45, 7) is 8.14. The van der Waals surface area contributed by atoms with Crippen LogP contribution < -0.4 is 5.32 Å². The number of aromatic nitrogens is 1. The van der Waals surface area contributed by atoms with E-state index in [-0.39, 0.29) is 29.6 Å². The summed E-state index contributed by atoms with van der Waals surface area (Å²) in [5.74, 6) is -0.193. The highest BCUT2D eigenvalue weighted by atomic mass is 16.2. The fourth-order valence-electron chi connectivity index (χ4n) is 4.91. The molecule has 0 bridgehead atoms. The Labute approximate surface area is 201 Å². The number of carbonyl (C=O) groups excluding carboxylic acids is 3. The molecule has 0 spiro atoms. The number of nitrogens with zero attached hydrogens (tertiary/aromatic N) is 3. The van der Waals surface area contributed by atoms with Gasteiger partial charge in [0, 0.05) is 74.6 Å². The number of rotatable bonds is 6. The van der Waals surface area contributed by atoms with Crippen molar-refractivity contribution < 1.29 is 14.4 Å². The van der Waals surface area contributed by atoms with Crippen molar-refractivity contribution in [2.75, 3.05) is 46.3 Å². The number of para-hydroxylation sites is 1. The highest BCUT2D eigenvalue weighted by Gasteiger charge is 2.34. The molecule has 0 radical (unpaired) electrons. The fourth-order valence-corrected chi connectivity index (χ4v) is 4.91. The number of H-pyrrole nitrogens is 1. The average molecular weight is 468 g/mol. The van der Waals surface area contributed by atoms with Gasteiger partial charge in [0.2, 0.25) is 17.7 Å². The molecule has 3 amide bonds. The minimum Gasteiger partial charge on any atom is -0.361 e. The van der Waals surface area contributed by atoms with Crippen LogP contribution in [-0.2, 0) is 20.8 Å². The third-order valence-corrected chi connectivity index (χ3v) is 7.21. The third-order valence-electron chi connectivity index (χ3n) is 7.21. The lowest BCUT2D eigenvalue weighted by atomic mass is 9.94. The lowest BCUT2D eigenvalue weighted by Gasteiger charge is -2.38. The SMILES string of the molecule is CC(C)C(=O)NC(Cc1c[nH]c2ccccc12)C(=O)N1CCC(C(=O)N2CCN(C)CC2)CC1. The first-order valence-electron chi connectivity index (χ1n) is 12.4. The summed E-state index contributed by atoms with van der Waals surface area (Å²) in [6, 6.07) is 7.36. The topological polar surface area (TPSA) is 88.8 Å². The van der Waals surface area contributed by atoms with E-state index < -0.39 is 6.04 Å². The molecule has 8 heteroatoms. The number of nitrogens with one attached hydrogen (secondary N) is 2. The molecule has 0 saturated carbocycles. The normalized spacial score (nSPS) is 18.9. The van der Waals surface area contributed by atoms with E-state index in [9.17, 15) is 14.4 Å². The molecular weight excluding hydrogens is 430 g/mol. The van der Waals surface area contributed by atoms with Gasteiger partial charge in [-0.3, -0.25) is 14.4 Å². The summed E-state index contributed by atoms with van der Waals surface area (Å²) in [5, 5.41) is 4.05. The van der Waals surface area contributed by atoms with Gasteiger partial charge in [-0.25, -0.2) is 0 Å². The Morgan fingerprint density at radius 3 is 2.35 bits per heavy atom. The van der Waals surface area contributed by atoms with E-state index in [2.05, 4.69) is 22.2 Å². The number of aromatic amines is 1. The van der Waals surface area contributed by atoms with Gasteiger partial charge in [-0.1, -0.05) is 32.0 Å². The number of carbonyl (C=O) groups is 3.